The molecule has 1 heterocycles. The molecule has 0 aliphatic carbocycles. The molecule has 150 valence electrons. The maximum absolute atomic E-state index is 12.4. The van der Waals surface area contributed by atoms with Gasteiger partial charge in [0, 0.05) is 6.42 Å². The number of carbonyl (C=O) groups excluding carboxylic acids is 2. The van der Waals surface area contributed by atoms with Crippen LogP contribution in [0.1, 0.15) is 22.3 Å². The Labute approximate surface area is 174 Å². The monoisotopic (exact) mass is 400 g/mol. The Bertz CT molecular complexity index is 1060. The number of hydrazone groups is 1. The summed E-state index contributed by atoms with van der Waals surface area (Å²) in [6.07, 6.45) is 0.669. The van der Waals surface area contributed by atoms with Crippen LogP contribution < -0.4 is 4.74 Å². The van der Waals surface area contributed by atoms with Crippen molar-refractivity contribution in [3.8, 4) is 11.5 Å². The summed E-state index contributed by atoms with van der Waals surface area (Å²) in [6.45, 7) is 0.106. The maximum atomic E-state index is 12.4. The highest BCUT2D eigenvalue weighted by atomic mass is 16.5. The number of amides is 1. The average molecular weight is 400 g/mol. The number of rotatable bonds is 6. The number of esters is 1. The summed E-state index contributed by atoms with van der Waals surface area (Å²) < 4.78 is 10.9. The van der Waals surface area contributed by atoms with Crippen LogP contribution in [-0.2, 0) is 9.53 Å². The molecule has 0 aromatic heterocycles. The molecule has 0 N–H and O–H groups in total. The summed E-state index contributed by atoms with van der Waals surface area (Å²) in [5.41, 5.74) is 2.15. The molecular weight excluding hydrogens is 380 g/mol. The fourth-order valence-electron chi connectivity index (χ4n) is 3.07. The standard InChI is InChI=1S/C24H20N2O4/c27-23(26-15-14-22(25-26)18-8-3-1-4-9-18)17-29-24(28)19-10-7-13-21(16-19)30-20-11-5-2-6-12-20/h1-13,16H,14-15,17H2. The lowest BCUT2D eigenvalue weighted by molar-refractivity contribution is -0.134. The first kappa shape index (κ1) is 19.4. The highest BCUT2D eigenvalue weighted by Gasteiger charge is 2.22. The van der Waals surface area contributed by atoms with E-state index in [1.807, 2.05) is 60.7 Å². The predicted octanol–water partition coefficient (Wildman–Crippen LogP) is 4.27. The second kappa shape index (κ2) is 9.05. The summed E-state index contributed by atoms with van der Waals surface area (Å²) in [7, 11) is 0. The van der Waals surface area contributed by atoms with Crippen LogP contribution in [0, 0.1) is 0 Å². The molecule has 3 aromatic rings. The molecule has 0 unspecified atom stereocenters. The Hall–Kier alpha value is -3.93. The van der Waals surface area contributed by atoms with E-state index in [9.17, 15) is 9.59 Å². The van der Waals surface area contributed by atoms with E-state index in [-0.39, 0.29) is 12.5 Å². The Morgan fingerprint density at radius 2 is 1.57 bits per heavy atom. The summed E-state index contributed by atoms with van der Waals surface area (Å²) in [6, 6.07) is 25.6. The van der Waals surface area contributed by atoms with E-state index in [1.54, 1.807) is 24.3 Å². The van der Waals surface area contributed by atoms with Crippen molar-refractivity contribution in [2.75, 3.05) is 13.2 Å². The highest BCUT2D eigenvalue weighted by Crippen LogP contribution is 2.22. The van der Waals surface area contributed by atoms with Gasteiger partial charge in [0.2, 0.25) is 0 Å². The van der Waals surface area contributed by atoms with Gasteiger partial charge >= 0.3 is 5.97 Å². The molecule has 0 saturated heterocycles. The Morgan fingerprint density at radius 1 is 0.867 bits per heavy atom. The van der Waals surface area contributed by atoms with Crippen molar-refractivity contribution in [2.45, 2.75) is 6.42 Å². The van der Waals surface area contributed by atoms with Gasteiger partial charge in [-0.2, -0.15) is 5.10 Å². The van der Waals surface area contributed by atoms with Gasteiger partial charge in [0.05, 0.1) is 17.8 Å². The molecule has 0 atom stereocenters. The van der Waals surface area contributed by atoms with E-state index >= 15 is 0 Å². The van der Waals surface area contributed by atoms with Crippen LogP contribution in [0.4, 0.5) is 0 Å². The zero-order valence-corrected chi connectivity index (χ0v) is 16.2. The van der Waals surface area contributed by atoms with Crippen molar-refractivity contribution in [1.29, 1.82) is 0 Å². The Morgan fingerprint density at radius 3 is 2.33 bits per heavy atom. The van der Waals surface area contributed by atoms with Crippen LogP contribution in [0.25, 0.3) is 0 Å². The van der Waals surface area contributed by atoms with E-state index in [4.69, 9.17) is 9.47 Å². The SMILES string of the molecule is O=C(OCC(=O)N1CCC(c2ccccc2)=N1)c1cccc(Oc2ccccc2)c1. The molecule has 3 aromatic carbocycles. The van der Waals surface area contributed by atoms with Gasteiger partial charge in [0.15, 0.2) is 6.61 Å². The first-order valence-corrected chi connectivity index (χ1v) is 9.62. The third-order valence-corrected chi connectivity index (χ3v) is 4.57. The lowest BCUT2D eigenvalue weighted by Gasteiger charge is -2.12. The minimum absolute atomic E-state index is 0.311. The number of para-hydroxylation sites is 1. The van der Waals surface area contributed by atoms with Gasteiger partial charge in [-0.1, -0.05) is 54.6 Å². The third-order valence-electron chi connectivity index (χ3n) is 4.57. The molecular formula is C24H20N2O4. The zero-order chi connectivity index (χ0) is 20.8. The van der Waals surface area contributed by atoms with Crippen molar-refractivity contribution < 1.29 is 19.1 Å². The first-order valence-electron chi connectivity index (χ1n) is 9.62. The molecule has 4 rings (SSSR count). The summed E-state index contributed by atoms with van der Waals surface area (Å²) >= 11 is 0. The van der Waals surface area contributed by atoms with Crippen molar-refractivity contribution in [2.24, 2.45) is 5.10 Å². The molecule has 0 spiro atoms. The summed E-state index contributed by atoms with van der Waals surface area (Å²) in [5.74, 6) is 0.234. The second-order valence-corrected chi connectivity index (χ2v) is 6.70. The quantitative estimate of drug-likeness (QED) is 0.580. The van der Waals surface area contributed by atoms with E-state index in [2.05, 4.69) is 5.10 Å². The maximum Gasteiger partial charge on any atom is 0.338 e. The average Bonchev–Trinajstić information content (AvgIpc) is 3.29. The van der Waals surface area contributed by atoms with Gasteiger partial charge in [-0.05, 0) is 35.9 Å². The van der Waals surface area contributed by atoms with Crippen molar-refractivity contribution in [3.05, 3.63) is 96.1 Å². The van der Waals surface area contributed by atoms with Gasteiger partial charge < -0.3 is 9.47 Å². The Balaban J connectivity index is 1.34. The molecule has 6 nitrogen and oxygen atoms in total. The largest absolute Gasteiger partial charge is 0.457 e. The molecule has 0 saturated carbocycles. The van der Waals surface area contributed by atoms with Gasteiger partial charge in [-0.25, -0.2) is 9.80 Å². The zero-order valence-electron chi connectivity index (χ0n) is 16.2. The van der Waals surface area contributed by atoms with Gasteiger partial charge in [0.1, 0.15) is 11.5 Å². The van der Waals surface area contributed by atoms with Crippen molar-refractivity contribution in [3.63, 3.8) is 0 Å². The molecule has 6 heteroatoms. The first-order chi connectivity index (χ1) is 14.7. The van der Waals surface area contributed by atoms with Gasteiger partial charge in [-0.15, -0.1) is 0 Å². The highest BCUT2D eigenvalue weighted by molar-refractivity contribution is 6.02. The molecule has 1 aliphatic heterocycles. The summed E-state index contributed by atoms with van der Waals surface area (Å²) in [5, 5.41) is 5.71. The fourth-order valence-corrected chi connectivity index (χ4v) is 3.07. The second-order valence-electron chi connectivity index (χ2n) is 6.70. The smallest absolute Gasteiger partial charge is 0.338 e. The lowest BCUT2D eigenvalue weighted by Crippen LogP contribution is -2.28. The van der Waals surface area contributed by atoms with Crippen molar-refractivity contribution in [1.82, 2.24) is 5.01 Å². The van der Waals surface area contributed by atoms with Gasteiger partial charge in [0.25, 0.3) is 5.91 Å². The van der Waals surface area contributed by atoms with Crippen LogP contribution in [0.15, 0.2) is 90.0 Å². The predicted molar refractivity (Wildman–Crippen MR) is 113 cm³/mol. The topological polar surface area (TPSA) is 68.2 Å². The van der Waals surface area contributed by atoms with Crippen LogP contribution in [0.2, 0.25) is 0 Å². The summed E-state index contributed by atoms with van der Waals surface area (Å²) in [4.78, 5) is 24.8. The molecule has 1 amide bonds. The minimum atomic E-state index is -0.590. The molecule has 0 radical (unpaired) electrons. The third kappa shape index (κ3) is 4.72. The molecule has 0 fully saturated rings. The number of carbonyl (C=O) groups is 2. The minimum Gasteiger partial charge on any atom is -0.457 e. The lowest BCUT2D eigenvalue weighted by atomic mass is 10.1. The van der Waals surface area contributed by atoms with Crippen LogP contribution >= 0.6 is 0 Å². The van der Waals surface area contributed by atoms with E-state index in [1.165, 1.54) is 5.01 Å². The van der Waals surface area contributed by atoms with Crippen molar-refractivity contribution >= 4 is 17.6 Å². The fraction of sp³-hybridized carbons (Fsp3) is 0.125. The number of nitrogens with zero attached hydrogens (tertiary/aromatic N) is 2. The molecule has 30 heavy (non-hydrogen) atoms. The molecule has 0 bridgehead atoms. The van der Waals surface area contributed by atoms with E-state index in [0.29, 0.717) is 30.0 Å². The normalized spacial score (nSPS) is 12.9. The van der Waals surface area contributed by atoms with Crippen LogP contribution in [0.3, 0.4) is 0 Å². The van der Waals surface area contributed by atoms with Crippen LogP contribution in [-0.4, -0.2) is 35.7 Å². The number of benzene rings is 3. The van der Waals surface area contributed by atoms with Gasteiger partial charge in [-0.3, -0.25) is 4.79 Å². The van der Waals surface area contributed by atoms with Crippen LogP contribution in [0.5, 0.6) is 11.5 Å². The molecule has 1 aliphatic rings. The number of hydrogen-bond acceptors (Lipinski definition) is 5. The van der Waals surface area contributed by atoms with E-state index < -0.39 is 5.97 Å². The number of ether oxygens (including phenoxy) is 2. The number of hydrogen-bond donors (Lipinski definition) is 0. The Kier molecular flexibility index (Phi) is 5.85. The van der Waals surface area contributed by atoms with E-state index in [0.717, 1.165) is 11.3 Å².